The molecule has 0 radical (unpaired) electrons. The van der Waals surface area contributed by atoms with Crippen LogP contribution < -0.4 is 11.0 Å². The van der Waals surface area contributed by atoms with Gasteiger partial charge in [0.15, 0.2) is 5.69 Å². The lowest BCUT2D eigenvalue weighted by molar-refractivity contribution is 0.100. The van der Waals surface area contributed by atoms with Crippen molar-refractivity contribution < 1.29 is 9.18 Å². The molecule has 0 atom stereocenters. The Bertz CT molecular complexity index is 1670. The number of rotatable bonds is 4. The van der Waals surface area contributed by atoms with Crippen molar-refractivity contribution in [2.24, 2.45) is 0 Å². The molecule has 0 saturated heterocycles. The van der Waals surface area contributed by atoms with Crippen LogP contribution in [0.25, 0.3) is 27.0 Å². The number of thiophene rings is 1. The molecule has 36 heavy (non-hydrogen) atoms. The first kappa shape index (κ1) is 22.4. The highest BCUT2D eigenvalue weighted by Crippen LogP contribution is 2.35. The highest BCUT2D eigenvalue weighted by atomic mass is 32.1. The van der Waals surface area contributed by atoms with Gasteiger partial charge >= 0.3 is 0 Å². The van der Waals surface area contributed by atoms with E-state index in [1.165, 1.54) is 29.8 Å². The third kappa shape index (κ3) is 3.72. The zero-order valence-electron chi connectivity index (χ0n) is 19.5. The first-order valence-electron chi connectivity index (χ1n) is 11.8. The molecule has 1 N–H and O–H groups in total. The number of hydrogen-bond acceptors (Lipinski definition) is 5. The Hall–Kier alpha value is -4.11. The molecule has 3 aromatic heterocycles. The molecule has 5 aromatic rings. The fourth-order valence-electron chi connectivity index (χ4n) is 4.87. The van der Waals surface area contributed by atoms with Crippen LogP contribution in [0, 0.1) is 12.7 Å². The van der Waals surface area contributed by atoms with Gasteiger partial charge in [0.25, 0.3) is 11.5 Å². The zero-order valence-corrected chi connectivity index (χ0v) is 20.3. The van der Waals surface area contributed by atoms with Crippen LogP contribution in [0.15, 0.2) is 65.7 Å². The second-order valence-electron chi connectivity index (χ2n) is 8.81. The number of nitrogens with zero attached hydrogens (tertiary/aromatic N) is 4. The van der Waals surface area contributed by atoms with E-state index in [0.29, 0.717) is 22.3 Å². The largest absolute Gasteiger partial charge is 0.291 e. The second-order valence-corrected chi connectivity index (χ2v) is 10.0. The second kappa shape index (κ2) is 8.83. The molecular weight excluding hydrogens is 477 g/mol. The van der Waals surface area contributed by atoms with Gasteiger partial charge in [0.2, 0.25) is 0 Å². The summed E-state index contributed by atoms with van der Waals surface area (Å²) in [6, 6.07) is 15.7. The van der Waals surface area contributed by atoms with E-state index in [9.17, 15) is 14.0 Å². The number of fused-ring (bicyclic) bond motifs is 2. The van der Waals surface area contributed by atoms with Gasteiger partial charge in [-0.15, -0.1) is 11.3 Å². The van der Waals surface area contributed by atoms with Gasteiger partial charge in [-0.25, -0.2) is 18.7 Å². The molecule has 9 heteroatoms. The maximum atomic E-state index is 13.5. The van der Waals surface area contributed by atoms with Gasteiger partial charge in [0.05, 0.1) is 11.1 Å². The number of benzene rings is 2. The van der Waals surface area contributed by atoms with Crippen LogP contribution >= 0.6 is 11.3 Å². The minimum atomic E-state index is -0.481. The van der Waals surface area contributed by atoms with Gasteiger partial charge in [-0.05, 0) is 62.4 Å². The fourth-order valence-corrected chi connectivity index (χ4v) is 5.88. The monoisotopic (exact) mass is 499 g/mol. The van der Waals surface area contributed by atoms with Crippen LogP contribution in [0.1, 0.15) is 39.5 Å². The van der Waals surface area contributed by atoms with Crippen molar-refractivity contribution in [2.45, 2.75) is 32.6 Å². The van der Waals surface area contributed by atoms with Crippen LogP contribution in [-0.2, 0) is 12.8 Å². The predicted molar refractivity (Wildman–Crippen MR) is 138 cm³/mol. The van der Waals surface area contributed by atoms with E-state index < -0.39 is 5.91 Å². The molecule has 7 nitrogen and oxygen atoms in total. The summed E-state index contributed by atoms with van der Waals surface area (Å²) in [5.41, 5.74) is 6.88. The highest BCUT2D eigenvalue weighted by Gasteiger charge is 2.26. The Morgan fingerprint density at radius 2 is 1.81 bits per heavy atom. The van der Waals surface area contributed by atoms with Crippen LogP contribution in [0.3, 0.4) is 0 Å². The molecule has 3 heterocycles. The van der Waals surface area contributed by atoms with Crippen molar-refractivity contribution in [1.82, 2.24) is 19.4 Å². The number of aryl methyl sites for hydroxylation is 1. The van der Waals surface area contributed by atoms with Crippen LogP contribution in [0.4, 0.5) is 4.39 Å². The van der Waals surface area contributed by atoms with E-state index in [0.717, 1.165) is 51.2 Å². The Morgan fingerprint density at radius 1 is 1.06 bits per heavy atom. The molecular formula is C27H22FN5O2S. The maximum Gasteiger partial charge on any atom is 0.291 e. The highest BCUT2D eigenvalue weighted by molar-refractivity contribution is 7.19. The van der Waals surface area contributed by atoms with Gasteiger partial charge in [-0.3, -0.25) is 15.0 Å². The molecule has 0 unspecified atom stereocenters. The summed E-state index contributed by atoms with van der Waals surface area (Å²) in [7, 11) is 0. The number of halogens is 1. The molecule has 0 saturated carbocycles. The van der Waals surface area contributed by atoms with Crippen LogP contribution in [-0.4, -0.2) is 25.3 Å². The molecule has 1 amide bonds. The van der Waals surface area contributed by atoms with Gasteiger partial charge < -0.3 is 0 Å². The Balaban J connectivity index is 1.41. The smallest absolute Gasteiger partial charge is 0.267 e. The van der Waals surface area contributed by atoms with E-state index in [1.54, 1.807) is 16.8 Å². The summed E-state index contributed by atoms with van der Waals surface area (Å²) in [4.78, 5) is 33.0. The van der Waals surface area contributed by atoms with Crippen molar-refractivity contribution in [1.29, 1.82) is 0 Å². The average molecular weight is 500 g/mol. The number of carbonyl (C=O) groups excluding carboxylic acids is 1. The molecule has 0 bridgehead atoms. The number of hydrogen-bond donors (Lipinski definition) is 1. The van der Waals surface area contributed by atoms with Gasteiger partial charge in [0.1, 0.15) is 17.0 Å². The topological polar surface area (TPSA) is 81.8 Å². The molecule has 6 rings (SSSR count). The minimum absolute atomic E-state index is 0.269. The van der Waals surface area contributed by atoms with Crippen LogP contribution in [0.2, 0.25) is 0 Å². The van der Waals surface area contributed by atoms with Gasteiger partial charge in [0, 0.05) is 21.7 Å². The first-order chi connectivity index (χ1) is 17.5. The molecule has 0 spiro atoms. The average Bonchev–Trinajstić information content (AvgIpc) is 3.45. The summed E-state index contributed by atoms with van der Waals surface area (Å²) in [6.45, 7) is 1.96. The number of nitrogens with one attached hydrogen (secondary N) is 1. The van der Waals surface area contributed by atoms with Gasteiger partial charge in [-0.2, -0.15) is 5.10 Å². The first-order valence-corrected chi connectivity index (χ1v) is 12.6. The molecule has 1 aliphatic carbocycles. The van der Waals surface area contributed by atoms with Crippen molar-refractivity contribution >= 4 is 27.5 Å². The van der Waals surface area contributed by atoms with Gasteiger partial charge in [-0.1, -0.05) is 30.3 Å². The van der Waals surface area contributed by atoms with Crippen molar-refractivity contribution in [3.63, 3.8) is 0 Å². The normalized spacial score (nSPS) is 13.1. The number of aromatic nitrogens is 4. The third-order valence-electron chi connectivity index (χ3n) is 6.54. The third-order valence-corrected chi connectivity index (χ3v) is 7.55. The van der Waals surface area contributed by atoms with E-state index >= 15 is 0 Å². The zero-order chi connectivity index (χ0) is 24.8. The predicted octanol–water partition coefficient (Wildman–Crippen LogP) is 5.02. The SMILES string of the molecule is Cc1sc2ncn(NC(=O)c3nn(-c4ccc(F)cc4)c4c3CCCC4)c(=O)c2c1-c1ccccc1. The number of carbonyl (C=O) groups is 1. The van der Waals surface area contributed by atoms with Crippen LogP contribution in [0.5, 0.6) is 0 Å². The van der Waals surface area contributed by atoms with Crippen molar-refractivity contribution in [3.8, 4) is 16.8 Å². The fraction of sp³-hybridized carbons (Fsp3) is 0.185. The van der Waals surface area contributed by atoms with E-state index in [-0.39, 0.29) is 17.1 Å². The Morgan fingerprint density at radius 3 is 2.58 bits per heavy atom. The lowest BCUT2D eigenvalue weighted by Gasteiger charge is -2.14. The Kier molecular flexibility index (Phi) is 5.49. The molecule has 1 aliphatic rings. The van der Waals surface area contributed by atoms with E-state index in [4.69, 9.17) is 0 Å². The molecule has 2 aromatic carbocycles. The summed E-state index contributed by atoms with van der Waals surface area (Å²) in [5.74, 6) is -0.816. The summed E-state index contributed by atoms with van der Waals surface area (Å²) < 4.78 is 16.3. The van der Waals surface area contributed by atoms with E-state index in [2.05, 4.69) is 15.5 Å². The Labute approximate surface area is 209 Å². The standard InChI is InChI=1S/C27H22FN5O2S/c1-16-22(17-7-3-2-4-8-17)23-26(36-16)29-15-32(27(23)35)31-25(34)24-20-9-5-6-10-21(20)33(30-24)19-13-11-18(28)12-14-19/h2-4,7-8,11-15H,5-6,9-10H2,1H3,(H,31,34). The molecule has 0 aliphatic heterocycles. The van der Waals surface area contributed by atoms with Crippen molar-refractivity contribution in [3.05, 3.63) is 98.9 Å². The molecule has 0 fully saturated rings. The summed E-state index contributed by atoms with van der Waals surface area (Å²) >= 11 is 1.45. The lowest BCUT2D eigenvalue weighted by Crippen LogP contribution is -2.33. The molecule has 180 valence electrons. The lowest BCUT2D eigenvalue weighted by atomic mass is 9.95. The summed E-state index contributed by atoms with van der Waals surface area (Å²) in [6.07, 6.45) is 4.77. The summed E-state index contributed by atoms with van der Waals surface area (Å²) in [5, 5.41) is 5.07. The van der Waals surface area contributed by atoms with E-state index in [1.807, 2.05) is 37.3 Å². The quantitative estimate of drug-likeness (QED) is 0.376. The number of amides is 1. The van der Waals surface area contributed by atoms with Crippen molar-refractivity contribution in [2.75, 3.05) is 5.43 Å². The maximum absolute atomic E-state index is 13.5. The minimum Gasteiger partial charge on any atom is -0.267 e.